The zero-order chi connectivity index (χ0) is 13.9. The van der Waals surface area contributed by atoms with Gasteiger partial charge in [0.1, 0.15) is 0 Å². The van der Waals surface area contributed by atoms with Crippen LogP contribution in [0.15, 0.2) is 22.7 Å². The molecule has 0 aliphatic carbocycles. The molecule has 3 rings (SSSR count). The lowest BCUT2D eigenvalue weighted by Gasteiger charge is -2.19. The van der Waals surface area contributed by atoms with E-state index in [1.807, 2.05) is 0 Å². The molecule has 2 heterocycles. The predicted molar refractivity (Wildman–Crippen MR) is 77.6 cm³/mol. The van der Waals surface area contributed by atoms with E-state index in [9.17, 15) is 0 Å². The molecule has 4 nitrogen and oxygen atoms in total. The lowest BCUT2D eigenvalue weighted by atomic mass is 10.0. The Kier molecular flexibility index (Phi) is 3.83. The molecule has 1 N–H and O–H groups in total. The number of rotatable bonds is 3. The van der Waals surface area contributed by atoms with Crippen molar-refractivity contribution < 1.29 is 4.52 Å². The molecular weight excluding hydrogens is 250 g/mol. The van der Waals surface area contributed by atoms with E-state index in [1.165, 1.54) is 29.5 Å². The van der Waals surface area contributed by atoms with E-state index in [0.29, 0.717) is 0 Å². The van der Waals surface area contributed by atoms with Gasteiger partial charge in [-0.1, -0.05) is 40.9 Å². The normalized spacial score (nSPS) is 19.2. The van der Waals surface area contributed by atoms with Crippen LogP contribution < -0.4 is 5.32 Å². The number of nitrogens with zero attached hydrogens (tertiary/aromatic N) is 2. The summed E-state index contributed by atoms with van der Waals surface area (Å²) in [4.78, 5) is 4.55. The van der Waals surface area contributed by atoms with Crippen LogP contribution in [0.2, 0.25) is 0 Å². The lowest BCUT2D eigenvalue weighted by Crippen LogP contribution is -2.27. The van der Waals surface area contributed by atoms with Crippen LogP contribution in [-0.2, 0) is 6.42 Å². The molecule has 0 radical (unpaired) electrons. The minimum atomic E-state index is 0.240. The van der Waals surface area contributed by atoms with Gasteiger partial charge in [-0.25, -0.2) is 0 Å². The molecule has 1 aliphatic heterocycles. The minimum absolute atomic E-state index is 0.240. The number of piperidine rings is 1. The highest BCUT2D eigenvalue weighted by molar-refractivity contribution is 5.30. The summed E-state index contributed by atoms with van der Waals surface area (Å²) in [6, 6.07) is 6.78. The molecule has 2 aromatic rings. The molecule has 0 saturated carbocycles. The molecule has 1 fully saturated rings. The smallest absolute Gasteiger partial charge is 0.243 e. The summed E-state index contributed by atoms with van der Waals surface area (Å²) < 4.78 is 5.41. The van der Waals surface area contributed by atoms with Crippen LogP contribution in [0.25, 0.3) is 0 Å². The lowest BCUT2D eigenvalue weighted by molar-refractivity contribution is 0.296. The highest BCUT2D eigenvalue weighted by atomic mass is 16.5. The molecule has 0 bridgehead atoms. The summed E-state index contributed by atoms with van der Waals surface area (Å²) in [7, 11) is 0. The SMILES string of the molecule is Cc1cc(C)cc(Cc2noc([C@@H]3CCCCN3)n2)c1. The first-order valence-corrected chi connectivity index (χ1v) is 7.34. The van der Waals surface area contributed by atoms with Crippen molar-refractivity contribution in [1.29, 1.82) is 0 Å². The van der Waals surface area contributed by atoms with Crippen molar-refractivity contribution in [1.82, 2.24) is 15.5 Å². The van der Waals surface area contributed by atoms with Crippen LogP contribution in [0, 0.1) is 13.8 Å². The van der Waals surface area contributed by atoms with E-state index in [0.717, 1.165) is 31.1 Å². The zero-order valence-corrected chi connectivity index (χ0v) is 12.1. The van der Waals surface area contributed by atoms with Crippen molar-refractivity contribution in [2.24, 2.45) is 0 Å². The third-order valence-electron chi connectivity index (χ3n) is 3.74. The van der Waals surface area contributed by atoms with Crippen LogP contribution in [0.3, 0.4) is 0 Å². The van der Waals surface area contributed by atoms with Gasteiger partial charge in [0.15, 0.2) is 5.82 Å². The molecule has 1 aliphatic rings. The molecule has 20 heavy (non-hydrogen) atoms. The Balaban J connectivity index is 1.73. The molecule has 1 aromatic heterocycles. The number of hydrogen-bond donors (Lipinski definition) is 1. The maximum Gasteiger partial charge on any atom is 0.243 e. The first-order chi connectivity index (χ1) is 9.70. The fourth-order valence-electron chi connectivity index (χ4n) is 2.90. The van der Waals surface area contributed by atoms with Gasteiger partial charge < -0.3 is 9.84 Å². The molecule has 0 unspecified atom stereocenters. The molecule has 0 amide bonds. The van der Waals surface area contributed by atoms with Crippen LogP contribution in [0.4, 0.5) is 0 Å². The highest BCUT2D eigenvalue weighted by Gasteiger charge is 2.20. The van der Waals surface area contributed by atoms with E-state index in [2.05, 4.69) is 47.5 Å². The van der Waals surface area contributed by atoms with Crippen molar-refractivity contribution in [3.05, 3.63) is 46.6 Å². The van der Waals surface area contributed by atoms with Crippen molar-refractivity contribution in [2.45, 2.75) is 45.6 Å². The van der Waals surface area contributed by atoms with Crippen molar-refractivity contribution in [3.63, 3.8) is 0 Å². The fraction of sp³-hybridized carbons (Fsp3) is 0.500. The van der Waals surface area contributed by atoms with E-state index in [4.69, 9.17) is 4.52 Å². The van der Waals surface area contributed by atoms with Gasteiger partial charge >= 0.3 is 0 Å². The number of aryl methyl sites for hydroxylation is 2. The van der Waals surface area contributed by atoms with Gasteiger partial charge in [0, 0.05) is 6.42 Å². The van der Waals surface area contributed by atoms with Gasteiger partial charge in [-0.2, -0.15) is 4.98 Å². The Morgan fingerprint density at radius 3 is 2.70 bits per heavy atom. The van der Waals surface area contributed by atoms with Crippen LogP contribution in [0.5, 0.6) is 0 Å². The molecule has 1 aromatic carbocycles. The molecular formula is C16H21N3O. The summed E-state index contributed by atoms with van der Waals surface area (Å²) >= 11 is 0. The largest absolute Gasteiger partial charge is 0.338 e. The Morgan fingerprint density at radius 2 is 2.00 bits per heavy atom. The van der Waals surface area contributed by atoms with Gasteiger partial charge in [0.25, 0.3) is 0 Å². The summed E-state index contributed by atoms with van der Waals surface area (Å²) in [6.45, 7) is 5.27. The molecule has 4 heteroatoms. The van der Waals surface area contributed by atoms with Crippen molar-refractivity contribution in [3.8, 4) is 0 Å². The Morgan fingerprint density at radius 1 is 1.20 bits per heavy atom. The van der Waals surface area contributed by atoms with Gasteiger partial charge in [0.2, 0.25) is 5.89 Å². The van der Waals surface area contributed by atoms with E-state index < -0.39 is 0 Å². The monoisotopic (exact) mass is 271 g/mol. The third-order valence-corrected chi connectivity index (χ3v) is 3.74. The van der Waals surface area contributed by atoms with E-state index in [-0.39, 0.29) is 6.04 Å². The standard InChI is InChI=1S/C16H21N3O/c1-11-7-12(2)9-13(8-11)10-15-18-16(20-19-15)14-5-3-4-6-17-14/h7-9,14,17H,3-6,10H2,1-2H3/t14-/m0/s1. The highest BCUT2D eigenvalue weighted by Crippen LogP contribution is 2.22. The van der Waals surface area contributed by atoms with Gasteiger partial charge in [-0.15, -0.1) is 0 Å². The molecule has 106 valence electrons. The van der Waals surface area contributed by atoms with E-state index >= 15 is 0 Å². The average Bonchev–Trinajstić information content (AvgIpc) is 2.87. The number of aromatic nitrogens is 2. The second-order valence-corrected chi connectivity index (χ2v) is 5.72. The number of nitrogens with one attached hydrogen (secondary N) is 1. The number of benzene rings is 1. The minimum Gasteiger partial charge on any atom is -0.338 e. The average molecular weight is 271 g/mol. The van der Waals surface area contributed by atoms with Crippen LogP contribution >= 0.6 is 0 Å². The quantitative estimate of drug-likeness (QED) is 0.932. The van der Waals surface area contributed by atoms with Crippen molar-refractivity contribution >= 4 is 0 Å². The van der Waals surface area contributed by atoms with Gasteiger partial charge in [-0.05, 0) is 38.8 Å². The van der Waals surface area contributed by atoms with Crippen LogP contribution in [-0.4, -0.2) is 16.7 Å². The molecule has 1 atom stereocenters. The van der Waals surface area contributed by atoms with Gasteiger partial charge in [0.05, 0.1) is 6.04 Å². The Hall–Kier alpha value is -1.68. The third kappa shape index (κ3) is 3.07. The summed E-state index contributed by atoms with van der Waals surface area (Å²) in [5.41, 5.74) is 3.79. The predicted octanol–water partition coefficient (Wildman–Crippen LogP) is 3.09. The first kappa shape index (κ1) is 13.3. The van der Waals surface area contributed by atoms with Gasteiger partial charge in [-0.3, -0.25) is 0 Å². The summed E-state index contributed by atoms with van der Waals surface area (Å²) in [6.07, 6.45) is 4.29. The zero-order valence-electron chi connectivity index (χ0n) is 12.1. The molecule has 0 spiro atoms. The maximum absolute atomic E-state index is 5.41. The summed E-state index contributed by atoms with van der Waals surface area (Å²) in [5, 5.41) is 7.55. The maximum atomic E-state index is 5.41. The topological polar surface area (TPSA) is 51.0 Å². The molecule has 1 saturated heterocycles. The Labute approximate surface area is 119 Å². The van der Waals surface area contributed by atoms with E-state index in [1.54, 1.807) is 0 Å². The first-order valence-electron chi connectivity index (χ1n) is 7.34. The second-order valence-electron chi connectivity index (χ2n) is 5.72. The fourth-order valence-corrected chi connectivity index (χ4v) is 2.90. The van der Waals surface area contributed by atoms with Crippen molar-refractivity contribution in [2.75, 3.05) is 6.54 Å². The second kappa shape index (κ2) is 5.75. The van der Waals surface area contributed by atoms with Crippen LogP contribution in [0.1, 0.15) is 53.7 Å². The number of hydrogen-bond acceptors (Lipinski definition) is 4. The Bertz CT molecular complexity index is 565. The summed E-state index contributed by atoms with van der Waals surface area (Å²) in [5.74, 6) is 1.52.